The number of rotatable bonds is 4. The second-order valence-corrected chi connectivity index (χ2v) is 13.6. The zero-order chi connectivity index (χ0) is 14.1. The third kappa shape index (κ3) is 2.29. The van der Waals surface area contributed by atoms with Crippen molar-refractivity contribution in [1.82, 2.24) is 0 Å². The molecular weight excluding hydrogens is 268 g/mol. The Morgan fingerprint density at radius 2 is 1.68 bits per heavy atom. The summed E-state index contributed by atoms with van der Waals surface area (Å²) in [7, 11) is -1.91. The summed E-state index contributed by atoms with van der Waals surface area (Å²) in [6, 6.07) is 12.1. The van der Waals surface area contributed by atoms with E-state index in [1.165, 1.54) is 31.2 Å². The lowest BCUT2D eigenvalue weighted by atomic mass is 10.0. The fraction of sp³-hybridized carbons (Fsp3) is 0.647. The van der Waals surface area contributed by atoms with Crippen LogP contribution in [0.15, 0.2) is 30.3 Å². The molecule has 1 saturated carbocycles. The molecule has 0 N–H and O–H groups in total. The van der Waals surface area contributed by atoms with E-state index in [1.807, 2.05) is 0 Å². The molecule has 1 aliphatic rings. The highest BCUT2D eigenvalue weighted by Gasteiger charge is 2.58. The monoisotopic (exact) mass is 294 g/mol. The van der Waals surface area contributed by atoms with Gasteiger partial charge in [-0.05, 0) is 34.5 Å². The lowest BCUT2D eigenvalue weighted by Gasteiger charge is -2.50. The summed E-state index contributed by atoms with van der Waals surface area (Å²) in [6.45, 7) is 9.55. The summed E-state index contributed by atoms with van der Waals surface area (Å²) in [5.74, 6) is 0. The first-order valence-electron chi connectivity index (χ1n) is 7.62. The minimum absolute atomic E-state index is 0.129. The second-order valence-electron chi connectivity index (χ2n) is 6.91. The van der Waals surface area contributed by atoms with Gasteiger partial charge in [0, 0.05) is 0 Å². The van der Waals surface area contributed by atoms with Crippen molar-refractivity contribution >= 4 is 18.5 Å². The van der Waals surface area contributed by atoms with Gasteiger partial charge >= 0.3 is 0 Å². The fourth-order valence-corrected chi connectivity index (χ4v) is 10.2. The molecule has 0 nitrogen and oxygen atoms in total. The molecule has 0 bridgehead atoms. The first kappa shape index (κ1) is 15.1. The van der Waals surface area contributed by atoms with Crippen molar-refractivity contribution in [2.75, 3.05) is 0 Å². The molecule has 0 aromatic heterocycles. The topological polar surface area (TPSA) is 0 Å². The van der Waals surface area contributed by atoms with E-state index in [4.69, 9.17) is 11.1 Å². The zero-order valence-corrected chi connectivity index (χ0v) is 14.6. The highest BCUT2D eigenvalue weighted by Crippen LogP contribution is 2.61. The molecule has 106 valence electrons. The Kier molecular flexibility index (Phi) is 4.18. The number of halogens is 1. The maximum absolute atomic E-state index is 7.44. The van der Waals surface area contributed by atoms with Crippen molar-refractivity contribution in [2.24, 2.45) is 0 Å². The van der Waals surface area contributed by atoms with Gasteiger partial charge in [-0.3, -0.25) is 0 Å². The molecule has 2 heteroatoms. The van der Waals surface area contributed by atoms with Gasteiger partial charge in [-0.2, -0.15) is 11.1 Å². The van der Waals surface area contributed by atoms with Gasteiger partial charge in [-0.15, -0.1) is 0 Å². The van der Waals surface area contributed by atoms with E-state index in [0.717, 1.165) is 6.04 Å². The van der Waals surface area contributed by atoms with Crippen LogP contribution in [-0.2, 0) is 5.04 Å². The van der Waals surface area contributed by atoms with Crippen molar-refractivity contribution in [1.29, 1.82) is 0 Å². The molecule has 0 saturated heterocycles. The number of hydrogen-bond acceptors (Lipinski definition) is 0. The van der Waals surface area contributed by atoms with Crippen molar-refractivity contribution in [3.05, 3.63) is 35.9 Å². The van der Waals surface area contributed by atoms with Gasteiger partial charge in [0.25, 0.3) is 0 Å². The molecular formula is C17H27ClSi. The van der Waals surface area contributed by atoms with Crippen LogP contribution in [0.4, 0.5) is 0 Å². The smallest absolute Gasteiger partial charge is 0.166 e. The average molecular weight is 295 g/mol. The van der Waals surface area contributed by atoms with Crippen LogP contribution < -0.4 is 0 Å². The summed E-state index contributed by atoms with van der Waals surface area (Å²) in [5.41, 5.74) is 1.42. The number of hydrogen-bond donors (Lipinski definition) is 0. The van der Waals surface area contributed by atoms with E-state index in [9.17, 15) is 0 Å². The van der Waals surface area contributed by atoms with Crippen molar-refractivity contribution in [2.45, 2.75) is 69.5 Å². The first-order chi connectivity index (χ1) is 8.87. The van der Waals surface area contributed by atoms with Crippen LogP contribution in [0.3, 0.4) is 0 Å². The van der Waals surface area contributed by atoms with Crippen LogP contribution in [-0.4, -0.2) is 7.38 Å². The molecule has 1 aromatic carbocycles. The van der Waals surface area contributed by atoms with E-state index in [2.05, 4.69) is 58.0 Å². The van der Waals surface area contributed by atoms with Crippen LogP contribution in [0, 0.1) is 0 Å². The maximum Gasteiger partial charge on any atom is 0.171 e. The summed E-state index contributed by atoms with van der Waals surface area (Å²) in [6.07, 6.45) is 5.38. The van der Waals surface area contributed by atoms with E-state index < -0.39 is 7.38 Å². The van der Waals surface area contributed by atoms with Gasteiger partial charge in [0.2, 0.25) is 0 Å². The normalized spacial score (nSPS) is 22.2. The Morgan fingerprint density at radius 3 is 2.16 bits per heavy atom. The third-order valence-electron chi connectivity index (χ3n) is 5.64. The van der Waals surface area contributed by atoms with E-state index in [1.54, 1.807) is 0 Å². The molecule has 0 radical (unpaired) electrons. The van der Waals surface area contributed by atoms with Gasteiger partial charge in [0.15, 0.2) is 7.38 Å². The highest BCUT2D eigenvalue weighted by atomic mass is 35.6. The van der Waals surface area contributed by atoms with Crippen LogP contribution in [0.1, 0.15) is 58.9 Å². The highest BCUT2D eigenvalue weighted by molar-refractivity contribution is 7.23. The summed E-state index contributed by atoms with van der Waals surface area (Å²) < 4.78 is 0. The Labute approximate surface area is 124 Å². The molecule has 1 fully saturated rings. The average Bonchev–Trinajstić information content (AvgIpc) is 2.87. The predicted molar refractivity (Wildman–Crippen MR) is 88.4 cm³/mol. The molecule has 19 heavy (non-hydrogen) atoms. The molecule has 0 aliphatic heterocycles. The Balaban J connectivity index is 2.45. The van der Waals surface area contributed by atoms with Crippen molar-refractivity contribution < 1.29 is 0 Å². The quantitative estimate of drug-likeness (QED) is 0.469. The minimum atomic E-state index is -1.91. The molecule has 1 aromatic rings. The first-order valence-corrected chi connectivity index (χ1v) is 10.8. The van der Waals surface area contributed by atoms with Crippen molar-refractivity contribution in [3.63, 3.8) is 0 Å². The minimum Gasteiger partial charge on any atom is -0.166 e. The van der Waals surface area contributed by atoms with Crippen molar-refractivity contribution in [3.8, 4) is 0 Å². The predicted octanol–water partition coefficient (Wildman–Crippen LogP) is 6.04. The Bertz CT molecular complexity index is 420. The molecule has 1 unspecified atom stereocenters. The largest absolute Gasteiger partial charge is 0.171 e. The summed E-state index contributed by atoms with van der Waals surface area (Å²) >= 11 is 7.44. The van der Waals surface area contributed by atoms with Crippen LogP contribution >= 0.6 is 11.1 Å². The van der Waals surface area contributed by atoms with Crippen LogP contribution in [0.2, 0.25) is 11.1 Å². The lowest BCUT2D eigenvalue weighted by Crippen LogP contribution is -2.55. The summed E-state index contributed by atoms with van der Waals surface area (Å²) in [4.78, 5) is 0. The molecule has 2 rings (SSSR count). The van der Waals surface area contributed by atoms with Gasteiger partial charge in [-0.1, -0.05) is 70.9 Å². The Morgan fingerprint density at radius 1 is 1.16 bits per heavy atom. The van der Waals surface area contributed by atoms with E-state index in [0.29, 0.717) is 5.04 Å². The van der Waals surface area contributed by atoms with Crippen LogP contribution in [0.25, 0.3) is 0 Å². The SMILES string of the molecule is CC[Si](Cl)(C1(C)CCCC1)C(C)(C)c1ccccc1. The van der Waals surface area contributed by atoms with Gasteiger partial charge in [0.1, 0.15) is 0 Å². The van der Waals surface area contributed by atoms with Gasteiger partial charge in [0.05, 0.1) is 0 Å². The van der Waals surface area contributed by atoms with Crippen LogP contribution in [0.5, 0.6) is 0 Å². The second kappa shape index (κ2) is 5.25. The lowest BCUT2D eigenvalue weighted by molar-refractivity contribution is 0.559. The molecule has 1 atom stereocenters. The van der Waals surface area contributed by atoms with E-state index >= 15 is 0 Å². The maximum atomic E-state index is 7.44. The molecule has 0 spiro atoms. The van der Waals surface area contributed by atoms with Gasteiger partial charge < -0.3 is 0 Å². The molecule has 0 amide bonds. The molecule has 0 heterocycles. The number of benzene rings is 1. The standard InChI is InChI=1S/C17H27ClSi/c1-5-19(18,17(4)13-9-10-14-17)16(2,3)15-11-7-6-8-12-15/h6-8,11-12H,5,9-10,13-14H2,1-4H3. The zero-order valence-electron chi connectivity index (χ0n) is 12.8. The Hall–Kier alpha value is -0.273. The fourth-order valence-electron chi connectivity index (χ4n) is 4.26. The van der Waals surface area contributed by atoms with E-state index in [-0.39, 0.29) is 5.04 Å². The third-order valence-corrected chi connectivity index (χ3v) is 14.9. The molecule has 1 aliphatic carbocycles. The van der Waals surface area contributed by atoms with Gasteiger partial charge in [-0.25, -0.2) is 0 Å². The summed E-state index contributed by atoms with van der Waals surface area (Å²) in [5, 5.41) is 0.520.